The van der Waals surface area contributed by atoms with Gasteiger partial charge in [0.15, 0.2) is 0 Å². The number of nitrogens with one attached hydrogen (secondary N) is 2. The average molecular weight is 282 g/mol. The molecule has 1 aliphatic rings. The number of pyridine rings is 1. The van der Waals surface area contributed by atoms with Crippen molar-refractivity contribution in [3.8, 4) is 0 Å². The number of allylic oxidation sites excluding steroid dienone is 2. The Balaban J connectivity index is 1.87. The van der Waals surface area contributed by atoms with E-state index in [1.54, 1.807) is 0 Å². The van der Waals surface area contributed by atoms with Crippen molar-refractivity contribution >= 4 is 22.8 Å². The first-order chi connectivity index (χ1) is 10.2. The molecule has 0 amide bonds. The molecule has 2 aromatic rings. The highest BCUT2D eigenvalue weighted by Gasteiger charge is 2.21. The van der Waals surface area contributed by atoms with Crippen molar-refractivity contribution < 1.29 is 0 Å². The third-order valence-electron chi connectivity index (χ3n) is 4.28. The molecule has 4 nitrogen and oxygen atoms in total. The van der Waals surface area contributed by atoms with E-state index in [2.05, 4.69) is 40.1 Å². The number of nitrogens with zero attached hydrogens (tertiary/aromatic N) is 2. The van der Waals surface area contributed by atoms with Gasteiger partial charge in [-0.05, 0) is 50.9 Å². The molecule has 21 heavy (non-hydrogen) atoms. The van der Waals surface area contributed by atoms with Crippen LogP contribution in [-0.2, 0) is 6.54 Å². The topological polar surface area (TPSA) is 53.7 Å². The third kappa shape index (κ3) is 2.76. The van der Waals surface area contributed by atoms with Gasteiger partial charge in [-0.15, -0.1) is 0 Å². The molecule has 1 saturated heterocycles. The monoisotopic (exact) mass is 282 g/mol. The molecule has 1 fully saturated rings. The van der Waals surface area contributed by atoms with Crippen LogP contribution in [0.25, 0.3) is 16.6 Å². The minimum absolute atomic E-state index is 0.631. The molecular weight excluding hydrogens is 260 g/mol. The summed E-state index contributed by atoms with van der Waals surface area (Å²) in [6.45, 7) is 6.33. The highest BCUT2D eigenvalue weighted by atomic mass is 15.0. The minimum atomic E-state index is 0.631. The van der Waals surface area contributed by atoms with Crippen LogP contribution in [0.3, 0.4) is 0 Å². The van der Waals surface area contributed by atoms with Crippen LogP contribution < -0.4 is 5.32 Å². The van der Waals surface area contributed by atoms with Crippen molar-refractivity contribution in [2.75, 3.05) is 6.54 Å². The molecule has 4 heteroatoms. The zero-order valence-electron chi connectivity index (χ0n) is 12.6. The number of hydrogen-bond donors (Lipinski definition) is 2. The van der Waals surface area contributed by atoms with Crippen molar-refractivity contribution in [3.05, 3.63) is 36.2 Å². The van der Waals surface area contributed by atoms with Crippen molar-refractivity contribution in [2.45, 2.75) is 32.9 Å². The van der Waals surface area contributed by atoms with Crippen molar-refractivity contribution in [2.24, 2.45) is 5.92 Å². The lowest BCUT2D eigenvalue weighted by Crippen LogP contribution is -2.17. The Morgan fingerprint density at radius 2 is 2.33 bits per heavy atom. The first-order valence-electron chi connectivity index (χ1n) is 7.57. The molecule has 1 aliphatic heterocycles. The SMILES string of the molecule is C/C=C(\C=N)c1ccc2c(ccn2C[C@H]2CNC(C)C2)n1. The highest BCUT2D eigenvalue weighted by molar-refractivity contribution is 6.07. The Hall–Kier alpha value is -1.94. The predicted molar refractivity (Wildman–Crippen MR) is 87.7 cm³/mol. The van der Waals surface area contributed by atoms with Crippen LogP contribution in [0, 0.1) is 11.3 Å². The van der Waals surface area contributed by atoms with Gasteiger partial charge in [0.1, 0.15) is 0 Å². The Morgan fingerprint density at radius 3 is 3.00 bits per heavy atom. The summed E-state index contributed by atoms with van der Waals surface area (Å²) in [7, 11) is 0. The van der Waals surface area contributed by atoms with Gasteiger partial charge < -0.3 is 15.3 Å². The Kier molecular flexibility index (Phi) is 3.88. The summed E-state index contributed by atoms with van der Waals surface area (Å²) in [6, 6.07) is 6.83. The molecule has 110 valence electrons. The first-order valence-corrected chi connectivity index (χ1v) is 7.57. The molecule has 0 aromatic carbocycles. The molecule has 0 saturated carbocycles. The minimum Gasteiger partial charge on any atom is -0.346 e. The molecule has 0 spiro atoms. The Morgan fingerprint density at radius 1 is 1.48 bits per heavy atom. The second-order valence-corrected chi connectivity index (χ2v) is 5.87. The second kappa shape index (κ2) is 5.82. The van der Waals surface area contributed by atoms with E-state index >= 15 is 0 Å². The third-order valence-corrected chi connectivity index (χ3v) is 4.28. The fourth-order valence-electron chi connectivity index (χ4n) is 3.15. The van der Waals surface area contributed by atoms with E-state index in [0.29, 0.717) is 12.0 Å². The van der Waals surface area contributed by atoms with E-state index in [1.807, 2.05) is 19.1 Å². The molecule has 2 atom stereocenters. The van der Waals surface area contributed by atoms with Gasteiger partial charge in [0, 0.05) is 30.6 Å². The maximum Gasteiger partial charge on any atom is 0.0888 e. The fraction of sp³-hybridized carbons (Fsp3) is 0.412. The maximum atomic E-state index is 7.43. The summed E-state index contributed by atoms with van der Waals surface area (Å²) in [5.74, 6) is 0.697. The molecule has 0 bridgehead atoms. The van der Waals surface area contributed by atoms with Crippen molar-refractivity contribution in [1.82, 2.24) is 14.9 Å². The summed E-state index contributed by atoms with van der Waals surface area (Å²) in [6.07, 6.45) is 6.65. The Labute approximate surface area is 125 Å². The van der Waals surface area contributed by atoms with Crippen LogP contribution in [-0.4, -0.2) is 28.4 Å². The quantitative estimate of drug-likeness (QED) is 0.847. The molecule has 2 N–H and O–H groups in total. The van der Waals surface area contributed by atoms with Crippen LogP contribution in [0.1, 0.15) is 26.0 Å². The van der Waals surface area contributed by atoms with Crippen LogP contribution in [0.5, 0.6) is 0 Å². The van der Waals surface area contributed by atoms with Gasteiger partial charge in [0.05, 0.1) is 16.7 Å². The summed E-state index contributed by atoms with van der Waals surface area (Å²) >= 11 is 0. The molecule has 0 aliphatic carbocycles. The van der Waals surface area contributed by atoms with Gasteiger partial charge in [0.2, 0.25) is 0 Å². The Bertz CT molecular complexity index is 683. The zero-order chi connectivity index (χ0) is 14.8. The molecule has 2 aromatic heterocycles. The second-order valence-electron chi connectivity index (χ2n) is 5.87. The summed E-state index contributed by atoms with van der Waals surface area (Å²) in [4.78, 5) is 4.67. The summed E-state index contributed by atoms with van der Waals surface area (Å²) in [5.41, 5.74) is 3.92. The van der Waals surface area contributed by atoms with E-state index in [0.717, 1.165) is 29.9 Å². The van der Waals surface area contributed by atoms with Crippen molar-refractivity contribution in [3.63, 3.8) is 0 Å². The van der Waals surface area contributed by atoms with E-state index in [1.165, 1.54) is 18.2 Å². The highest BCUT2D eigenvalue weighted by Crippen LogP contribution is 2.22. The smallest absolute Gasteiger partial charge is 0.0888 e. The lowest BCUT2D eigenvalue weighted by atomic mass is 10.1. The van der Waals surface area contributed by atoms with Gasteiger partial charge in [-0.1, -0.05) is 6.08 Å². The van der Waals surface area contributed by atoms with E-state index < -0.39 is 0 Å². The van der Waals surface area contributed by atoms with E-state index in [-0.39, 0.29) is 0 Å². The van der Waals surface area contributed by atoms with Gasteiger partial charge >= 0.3 is 0 Å². The lowest BCUT2D eigenvalue weighted by molar-refractivity contribution is 0.483. The van der Waals surface area contributed by atoms with Gasteiger partial charge in [-0.3, -0.25) is 0 Å². The average Bonchev–Trinajstić information content (AvgIpc) is 3.07. The summed E-state index contributed by atoms with van der Waals surface area (Å²) < 4.78 is 2.30. The lowest BCUT2D eigenvalue weighted by Gasteiger charge is -2.11. The number of rotatable bonds is 4. The van der Waals surface area contributed by atoms with Gasteiger partial charge in [0.25, 0.3) is 0 Å². The molecule has 0 radical (unpaired) electrons. The standard InChI is InChI=1S/C17H22N4/c1-3-14(9-18)15-4-5-17-16(20-15)6-7-21(17)11-13-8-12(2)19-10-13/h3-7,9,12-13,18-19H,8,10-11H2,1-2H3/b14-3+,18-9?/t12?,13-/m1/s1. The predicted octanol–water partition coefficient (Wildman–Crippen LogP) is 3.09. The maximum absolute atomic E-state index is 7.43. The number of fused-ring (bicyclic) bond motifs is 1. The van der Waals surface area contributed by atoms with Crippen LogP contribution in [0.2, 0.25) is 0 Å². The number of hydrogen-bond acceptors (Lipinski definition) is 3. The zero-order valence-corrected chi connectivity index (χ0v) is 12.6. The molecule has 3 rings (SSSR count). The first kappa shape index (κ1) is 14.0. The normalized spacial score (nSPS) is 22.9. The van der Waals surface area contributed by atoms with Gasteiger partial charge in [-0.25, -0.2) is 4.98 Å². The molecular formula is C17H22N4. The summed E-state index contributed by atoms with van der Waals surface area (Å²) in [5, 5.41) is 10.9. The molecule has 3 heterocycles. The fourth-order valence-corrected chi connectivity index (χ4v) is 3.15. The van der Waals surface area contributed by atoms with E-state index in [4.69, 9.17) is 5.41 Å². The van der Waals surface area contributed by atoms with Crippen LogP contribution >= 0.6 is 0 Å². The molecule has 1 unspecified atom stereocenters. The number of aromatic nitrogens is 2. The van der Waals surface area contributed by atoms with Gasteiger partial charge in [-0.2, -0.15) is 0 Å². The van der Waals surface area contributed by atoms with Crippen LogP contribution in [0.15, 0.2) is 30.5 Å². The van der Waals surface area contributed by atoms with Crippen LogP contribution in [0.4, 0.5) is 0 Å². The van der Waals surface area contributed by atoms with Crippen molar-refractivity contribution in [1.29, 1.82) is 5.41 Å². The van der Waals surface area contributed by atoms with E-state index in [9.17, 15) is 0 Å². The largest absolute Gasteiger partial charge is 0.346 e.